The third-order valence-electron chi connectivity index (χ3n) is 5.15. The Morgan fingerprint density at radius 2 is 1.12 bits per heavy atom. The Hall–Kier alpha value is -2.78. The molecule has 1 aliphatic rings. The van der Waals surface area contributed by atoms with Gasteiger partial charge in [0, 0.05) is 11.1 Å². The van der Waals surface area contributed by atoms with Crippen LogP contribution in [0.1, 0.15) is 34.6 Å². The average Bonchev–Trinajstić information content (AvgIpc) is 2.82. The monoisotopic (exact) mass is 472 g/mol. The highest BCUT2D eigenvalue weighted by molar-refractivity contribution is 5.98. The van der Waals surface area contributed by atoms with Crippen molar-refractivity contribution < 1.29 is 38.0 Å². The molecule has 0 aliphatic carbocycles. The normalized spacial score (nSPS) is 16.8. The Morgan fingerprint density at radius 3 is 1.65 bits per heavy atom. The zero-order valence-electron chi connectivity index (χ0n) is 19.8. The van der Waals surface area contributed by atoms with E-state index in [1.54, 1.807) is 18.2 Å². The lowest BCUT2D eigenvalue weighted by atomic mass is 9.98. The zero-order valence-corrected chi connectivity index (χ0v) is 19.8. The van der Waals surface area contributed by atoms with Crippen molar-refractivity contribution in [3.05, 3.63) is 47.5 Å². The van der Waals surface area contributed by atoms with Crippen LogP contribution in [0, 0.1) is 0 Å². The van der Waals surface area contributed by atoms with Gasteiger partial charge in [-0.25, -0.2) is 0 Å². The standard InChI is InChI=1S/C26H32O8/c1-19(27)21-3-6-24-22-4-5-23(20(2)28)25(18-22)33-15-13-31-11-9-29-7-8-30-10-12-32-14-16-34-26(24)17-21/h3-6,17-18H,7-16H2,1-2H3. The van der Waals surface area contributed by atoms with Crippen LogP contribution in [0.5, 0.6) is 11.5 Å². The van der Waals surface area contributed by atoms with Crippen LogP contribution in [0.3, 0.4) is 0 Å². The van der Waals surface area contributed by atoms with Crippen molar-refractivity contribution >= 4 is 11.6 Å². The predicted molar refractivity (Wildman–Crippen MR) is 126 cm³/mol. The molecule has 0 amide bonds. The molecule has 3 rings (SSSR count). The maximum atomic E-state index is 12.1. The molecule has 8 nitrogen and oxygen atoms in total. The van der Waals surface area contributed by atoms with E-state index in [1.807, 2.05) is 18.2 Å². The molecule has 2 aromatic carbocycles. The van der Waals surface area contributed by atoms with E-state index in [9.17, 15) is 9.59 Å². The molecule has 184 valence electrons. The average molecular weight is 473 g/mol. The molecular weight excluding hydrogens is 440 g/mol. The van der Waals surface area contributed by atoms with Crippen LogP contribution in [0.15, 0.2) is 36.4 Å². The summed E-state index contributed by atoms with van der Waals surface area (Å²) in [7, 11) is 0. The van der Waals surface area contributed by atoms with Gasteiger partial charge in [-0.15, -0.1) is 0 Å². The lowest BCUT2D eigenvalue weighted by Gasteiger charge is -2.16. The number of carbonyl (C=O) groups excluding carboxylic acids is 2. The Balaban J connectivity index is 1.85. The molecule has 8 heteroatoms. The van der Waals surface area contributed by atoms with E-state index < -0.39 is 0 Å². The second-order valence-corrected chi connectivity index (χ2v) is 7.68. The van der Waals surface area contributed by atoms with Crippen LogP contribution >= 0.6 is 0 Å². The Bertz CT molecular complexity index is 956. The van der Waals surface area contributed by atoms with Crippen LogP contribution in [0.25, 0.3) is 11.1 Å². The molecule has 0 atom stereocenters. The van der Waals surface area contributed by atoms with Crippen molar-refractivity contribution in [2.45, 2.75) is 13.8 Å². The van der Waals surface area contributed by atoms with E-state index >= 15 is 0 Å². The van der Waals surface area contributed by atoms with E-state index in [2.05, 4.69) is 0 Å². The fourth-order valence-corrected chi connectivity index (χ4v) is 3.38. The highest BCUT2D eigenvalue weighted by atomic mass is 16.6. The fraction of sp³-hybridized carbons (Fsp3) is 0.462. The van der Waals surface area contributed by atoms with Gasteiger partial charge in [0.1, 0.15) is 24.7 Å². The van der Waals surface area contributed by atoms with Crippen molar-refractivity contribution in [2.75, 3.05) is 66.1 Å². The third kappa shape index (κ3) is 7.92. The maximum Gasteiger partial charge on any atom is 0.163 e. The molecular formula is C26H32O8. The molecule has 0 saturated carbocycles. The third-order valence-corrected chi connectivity index (χ3v) is 5.15. The molecule has 34 heavy (non-hydrogen) atoms. The first kappa shape index (κ1) is 25.8. The summed E-state index contributed by atoms with van der Waals surface area (Å²) in [6, 6.07) is 10.7. The fourth-order valence-electron chi connectivity index (χ4n) is 3.38. The minimum absolute atomic E-state index is 0.0536. The topological polar surface area (TPSA) is 89.5 Å². The molecule has 0 saturated heterocycles. The van der Waals surface area contributed by atoms with Gasteiger partial charge >= 0.3 is 0 Å². The number of rotatable bonds is 2. The number of Topliss-reactive ketones (excluding diaryl/α,β-unsaturated/α-hetero) is 2. The number of hydrogen-bond acceptors (Lipinski definition) is 8. The molecule has 0 radical (unpaired) electrons. The van der Waals surface area contributed by atoms with Crippen molar-refractivity contribution in [1.82, 2.24) is 0 Å². The Kier molecular flexibility index (Phi) is 10.5. The second-order valence-electron chi connectivity index (χ2n) is 7.68. The summed E-state index contributed by atoms with van der Waals surface area (Å²) in [4.78, 5) is 24.1. The Labute approximate surface area is 200 Å². The number of benzene rings is 2. The zero-order chi connectivity index (χ0) is 24.2. The molecule has 1 heterocycles. The SMILES string of the molecule is CC(=O)c1ccc2c(c1)OCCOCCOCCOCCOCCOc1cc-2ccc1C(C)=O. The summed E-state index contributed by atoms with van der Waals surface area (Å²) < 4.78 is 33.9. The summed E-state index contributed by atoms with van der Waals surface area (Å²) in [6.07, 6.45) is 0. The van der Waals surface area contributed by atoms with Gasteiger partial charge in [0.25, 0.3) is 0 Å². The minimum atomic E-state index is -0.0934. The first-order valence-electron chi connectivity index (χ1n) is 11.4. The van der Waals surface area contributed by atoms with Crippen LogP contribution in [0.4, 0.5) is 0 Å². The first-order valence-corrected chi connectivity index (χ1v) is 11.4. The minimum Gasteiger partial charge on any atom is -0.491 e. The number of hydrogen-bond donors (Lipinski definition) is 0. The largest absolute Gasteiger partial charge is 0.491 e. The molecule has 2 bridgehead atoms. The molecule has 0 spiro atoms. The molecule has 1 aliphatic heterocycles. The van der Waals surface area contributed by atoms with Crippen molar-refractivity contribution in [3.8, 4) is 22.6 Å². The summed E-state index contributed by atoms with van der Waals surface area (Å²) in [5.74, 6) is 0.879. The van der Waals surface area contributed by atoms with E-state index in [-0.39, 0.29) is 18.2 Å². The van der Waals surface area contributed by atoms with Crippen molar-refractivity contribution in [2.24, 2.45) is 0 Å². The van der Waals surface area contributed by atoms with Gasteiger partial charge in [-0.2, -0.15) is 0 Å². The molecule has 2 aromatic rings. The highest BCUT2D eigenvalue weighted by Crippen LogP contribution is 2.35. The van der Waals surface area contributed by atoms with Crippen molar-refractivity contribution in [3.63, 3.8) is 0 Å². The van der Waals surface area contributed by atoms with E-state index in [0.717, 1.165) is 11.1 Å². The van der Waals surface area contributed by atoms with Gasteiger partial charge in [0.2, 0.25) is 0 Å². The van der Waals surface area contributed by atoms with Gasteiger partial charge in [0.15, 0.2) is 11.6 Å². The summed E-state index contributed by atoms with van der Waals surface area (Å²) in [6.45, 7) is 7.12. The van der Waals surface area contributed by atoms with Crippen LogP contribution in [0.2, 0.25) is 0 Å². The van der Waals surface area contributed by atoms with E-state index in [1.165, 1.54) is 13.8 Å². The van der Waals surface area contributed by atoms with Gasteiger partial charge in [-0.3, -0.25) is 9.59 Å². The number of fused-ring (bicyclic) bond motifs is 4. The van der Waals surface area contributed by atoms with E-state index in [4.69, 9.17) is 28.4 Å². The van der Waals surface area contributed by atoms with Crippen molar-refractivity contribution in [1.29, 1.82) is 0 Å². The number of ketones is 2. The molecule has 0 fully saturated rings. The maximum absolute atomic E-state index is 12.1. The summed E-state index contributed by atoms with van der Waals surface area (Å²) in [5, 5.41) is 0. The molecule has 0 N–H and O–H groups in total. The van der Waals surface area contributed by atoms with Gasteiger partial charge in [-0.1, -0.05) is 12.1 Å². The molecule has 0 unspecified atom stereocenters. The van der Waals surface area contributed by atoms with E-state index in [0.29, 0.717) is 82.1 Å². The lowest BCUT2D eigenvalue weighted by Crippen LogP contribution is -2.14. The van der Waals surface area contributed by atoms with Gasteiger partial charge in [-0.05, 0) is 43.7 Å². The Morgan fingerprint density at radius 1 is 0.588 bits per heavy atom. The van der Waals surface area contributed by atoms with Gasteiger partial charge in [0.05, 0.1) is 58.4 Å². The predicted octanol–water partition coefficient (Wildman–Crippen LogP) is 3.60. The summed E-state index contributed by atoms with van der Waals surface area (Å²) >= 11 is 0. The van der Waals surface area contributed by atoms with Crippen LogP contribution in [-0.2, 0) is 18.9 Å². The number of carbonyl (C=O) groups is 2. The number of ether oxygens (including phenoxy) is 6. The van der Waals surface area contributed by atoms with Crippen LogP contribution in [-0.4, -0.2) is 77.6 Å². The summed E-state index contributed by atoms with van der Waals surface area (Å²) in [5.41, 5.74) is 2.63. The second kappa shape index (κ2) is 13.8. The quantitative estimate of drug-likeness (QED) is 0.613. The lowest BCUT2D eigenvalue weighted by molar-refractivity contribution is -0.00696. The highest BCUT2D eigenvalue weighted by Gasteiger charge is 2.15. The van der Waals surface area contributed by atoms with Gasteiger partial charge < -0.3 is 28.4 Å². The smallest absolute Gasteiger partial charge is 0.163 e. The molecule has 0 aromatic heterocycles. The van der Waals surface area contributed by atoms with Crippen LogP contribution < -0.4 is 9.47 Å². The first-order chi connectivity index (χ1) is 16.6.